The van der Waals surface area contributed by atoms with Gasteiger partial charge in [0, 0.05) is 0 Å². The summed E-state index contributed by atoms with van der Waals surface area (Å²) in [7, 11) is 0. The van der Waals surface area contributed by atoms with Crippen molar-refractivity contribution in [1.82, 2.24) is 4.98 Å². The van der Waals surface area contributed by atoms with E-state index in [0.29, 0.717) is 11.3 Å². The number of nitrogens with two attached hydrogens (primary N) is 1. The Hall–Kier alpha value is -2.37. The average Bonchev–Trinajstić information content (AvgIpc) is 2.46. The molecule has 0 saturated carbocycles. The van der Waals surface area contributed by atoms with Crippen LogP contribution in [0.25, 0.3) is 0 Å². The van der Waals surface area contributed by atoms with Crippen molar-refractivity contribution in [1.29, 1.82) is 0 Å². The number of ketones is 1. The molecule has 0 radical (unpaired) electrons. The SMILES string of the molecule is CC(C)(C(=O)c1ccc(N)cn1)c1ccc(C(F)(F)F)cc1. The number of nitrogen functional groups attached to an aromatic ring is 1. The Kier molecular flexibility index (Phi) is 3.96. The van der Waals surface area contributed by atoms with Crippen molar-refractivity contribution >= 4 is 11.5 Å². The zero-order chi connectivity index (χ0) is 16.5. The van der Waals surface area contributed by atoms with Gasteiger partial charge in [0.05, 0.1) is 22.9 Å². The highest BCUT2D eigenvalue weighted by atomic mass is 19.4. The summed E-state index contributed by atoms with van der Waals surface area (Å²) in [5.41, 5.74) is 4.93. The van der Waals surface area contributed by atoms with Gasteiger partial charge in [0.1, 0.15) is 5.69 Å². The molecule has 0 atom stereocenters. The maximum Gasteiger partial charge on any atom is 0.416 e. The van der Waals surface area contributed by atoms with Crippen LogP contribution < -0.4 is 5.73 Å². The van der Waals surface area contributed by atoms with Crippen molar-refractivity contribution in [2.45, 2.75) is 25.4 Å². The molecule has 116 valence electrons. The number of benzene rings is 1. The minimum atomic E-state index is -4.40. The number of anilines is 1. The summed E-state index contributed by atoms with van der Waals surface area (Å²) in [6.45, 7) is 3.30. The third-order valence-electron chi connectivity index (χ3n) is 3.52. The number of hydrogen-bond donors (Lipinski definition) is 1. The second-order valence-corrected chi connectivity index (χ2v) is 5.51. The van der Waals surface area contributed by atoms with Crippen LogP contribution >= 0.6 is 0 Å². The molecule has 3 nitrogen and oxygen atoms in total. The van der Waals surface area contributed by atoms with Crippen LogP contribution in [0.2, 0.25) is 0 Å². The number of Topliss-reactive ketones (excluding diaryl/α,β-unsaturated/α-hetero) is 1. The molecule has 0 amide bonds. The van der Waals surface area contributed by atoms with Gasteiger partial charge in [0.25, 0.3) is 0 Å². The smallest absolute Gasteiger partial charge is 0.397 e. The lowest BCUT2D eigenvalue weighted by atomic mass is 9.79. The number of halogens is 3. The van der Waals surface area contributed by atoms with E-state index in [1.54, 1.807) is 19.9 Å². The standard InChI is InChI=1S/C16H15F3N2O/c1-15(2,14(22)13-8-7-12(20)9-21-13)10-3-5-11(6-4-10)16(17,18)19/h3-9H,20H2,1-2H3. The lowest BCUT2D eigenvalue weighted by Crippen LogP contribution is -2.30. The molecule has 2 N–H and O–H groups in total. The summed E-state index contributed by atoms with van der Waals surface area (Å²) < 4.78 is 37.8. The van der Waals surface area contributed by atoms with Gasteiger partial charge < -0.3 is 5.73 Å². The van der Waals surface area contributed by atoms with Crippen LogP contribution in [0.1, 0.15) is 35.5 Å². The number of pyridine rings is 1. The highest BCUT2D eigenvalue weighted by Crippen LogP contribution is 2.32. The number of rotatable bonds is 3. The van der Waals surface area contributed by atoms with Crippen molar-refractivity contribution in [3.05, 3.63) is 59.4 Å². The summed E-state index contributed by atoms with van der Waals surface area (Å²) in [5, 5.41) is 0. The third-order valence-corrected chi connectivity index (χ3v) is 3.52. The van der Waals surface area contributed by atoms with Gasteiger partial charge in [-0.15, -0.1) is 0 Å². The molecule has 1 aromatic heterocycles. The van der Waals surface area contributed by atoms with Gasteiger partial charge in [0.15, 0.2) is 5.78 Å². The lowest BCUT2D eigenvalue weighted by Gasteiger charge is -2.23. The summed E-state index contributed by atoms with van der Waals surface area (Å²) in [4.78, 5) is 16.5. The van der Waals surface area contributed by atoms with E-state index in [1.165, 1.54) is 24.4 Å². The largest absolute Gasteiger partial charge is 0.416 e. The summed E-state index contributed by atoms with van der Waals surface area (Å²) in [6, 6.07) is 7.64. The second kappa shape index (κ2) is 5.44. The zero-order valence-electron chi connectivity index (χ0n) is 12.1. The maximum absolute atomic E-state index is 12.6. The molecule has 6 heteroatoms. The summed E-state index contributed by atoms with van der Waals surface area (Å²) >= 11 is 0. The van der Waals surface area contributed by atoms with Gasteiger partial charge in [-0.05, 0) is 43.7 Å². The first-order chi connectivity index (χ1) is 10.1. The average molecular weight is 308 g/mol. The molecule has 0 aliphatic heterocycles. The Bertz CT molecular complexity index is 674. The highest BCUT2D eigenvalue weighted by molar-refractivity contribution is 6.02. The predicted octanol–water partition coefficient (Wildman–Crippen LogP) is 3.84. The minimum Gasteiger partial charge on any atom is -0.397 e. The lowest BCUT2D eigenvalue weighted by molar-refractivity contribution is -0.137. The van der Waals surface area contributed by atoms with E-state index < -0.39 is 17.2 Å². The quantitative estimate of drug-likeness (QED) is 0.876. The Labute approximate surface area is 126 Å². The topological polar surface area (TPSA) is 56.0 Å². The second-order valence-electron chi connectivity index (χ2n) is 5.51. The van der Waals surface area contributed by atoms with Crippen molar-refractivity contribution in [2.24, 2.45) is 0 Å². The fourth-order valence-corrected chi connectivity index (χ4v) is 2.07. The first-order valence-electron chi connectivity index (χ1n) is 6.56. The molecule has 2 rings (SSSR count). The van der Waals surface area contributed by atoms with E-state index in [1.807, 2.05) is 0 Å². The van der Waals surface area contributed by atoms with Crippen molar-refractivity contribution in [3.8, 4) is 0 Å². The van der Waals surface area contributed by atoms with Gasteiger partial charge in [-0.25, -0.2) is 0 Å². The van der Waals surface area contributed by atoms with Crippen LogP contribution in [0.4, 0.5) is 18.9 Å². The number of hydrogen-bond acceptors (Lipinski definition) is 3. The number of aromatic nitrogens is 1. The fraction of sp³-hybridized carbons (Fsp3) is 0.250. The fourth-order valence-electron chi connectivity index (χ4n) is 2.07. The van der Waals surface area contributed by atoms with E-state index in [-0.39, 0.29) is 11.5 Å². The summed E-state index contributed by atoms with van der Waals surface area (Å²) in [5.74, 6) is -0.285. The van der Waals surface area contributed by atoms with Gasteiger partial charge >= 0.3 is 6.18 Å². The molecular weight excluding hydrogens is 293 g/mol. The van der Waals surface area contributed by atoms with Crippen LogP contribution in [0, 0.1) is 0 Å². The Morgan fingerprint density at radius 2 is 1.55 bits per heavy atom. The van der Waals surface area contributed by atoms with E-state index in [4.69, 9.17) is 5.73 Å². The van der Waals surface area contributed by atoms with Crippen LogP contribution in [0.5, 0.6) is 0 Å². The normalized spacial score (nSPS) is 12.2. The monoisotopic (exact) mass is 308 g/mol. The Morgan fingerprint density at radius 3 is 2.00 bits per heavy atom. The van der Waals surface area contributed by atoms with Crippen molar-refractivity contribution in [3.63, 3.8) is 0 Å². The molecule has 0 aliphatic carbocycles. The van der Waals surface area contributed by atoms with Crippen molar-refractivity contribution < 1.29 is 18.0 Å². The number of nitrogens with zero attached hydrogens (tertiary/aromatic N) is 1. The molecule has 0 fully saturated rings. The van der Waals surface area contributed by atoms with Crippen LogP contribution in [0.15, 0.2) is 42.6 Å². The Balaban J connectivity index is 2.33. The minimum absolute atomic E-state index is 0.221. The molecule has 0 saturated heterocycles. The number of carbonyl (C=O) groups excluding carboxylic acids is 1. The molecule has 0 bridgehead atoms. The predicted molar refractivity (Wildman–Crippen MR) is 77.4 cm³/mol. The molecule has 1 heterocycles. The van der Waals surface area contributed by atoms with Gasteiger partial charge in [-0.1, -0.05) is 12.1 Å². The maximum atomic E-state index is 12.6. The molecule has 22 heavy (non-hydrogen) atoms. The number of alkyl halides is 3. The molecule has 2 aromatic rings. The van der Waals surface area contributed by atoms with E-state index in [0.717, 1.165) is 12.1 Å². The van der Waals surface area contributed by atoms with Crippen LogP contribution in [0.3, 0.4) is 0 Å². The summed E-state index contributed by atoms with van der Waals surface area (Å²) in [6.07, 6.45) is -3.03. The van der Waals surface area contributed by atoms with Gasteiger partial charge in [0.2, 0.25) is 0 Å². The van der Waals surface area contributed by atoms with E-state index >= 15 is 0 Å². The van der Waals surface area contributed by atoms with Crippen LogP contribution in [-0.2, 0) is 11.6 Å². The molecule has 0 spiro atoms. The zero-order valence-corrected chi connectivity index (χ0v) is 12.1. The van der Waals surface area contributed by atoms with Crippen LogP contribution in [-0.4, -0.2) is 10.8 Å². The third kappa shape index (κ3) is 3.10. The van der Waals surface area contributed by atoms with Gasteiger partial charge in [-0.3, -0.25) is 9.78 Å². The van der Waals surface area contributed by atoms with Gasteiger partial charge in [-0.2, -0.15) is 13.2 Å². The number of carbonyl (C=O) groups is 1. The molecule has 0 unspecified atom stereocenters. The first kappa shape index (κ1) is 16.0. The van der Waals surface area contributed by atoms with E-state index in [2.05, 4.69) is 4.98 Å². The van der Waals surface area contributed by atoms with Crippen molar-refractivity contribution in [2.75, 3.05) is 5.73 Å². The highest BCUT2D eigenvalue weighted by Gasteiger charge is 2.34. The first-order valence-corrected chi connectivity index (χ1v) is 6.56. The molecule has 0 aliphatic rings. The Morgan fingerprint density at radius 1 is 1.00 bits per heavy atom. The van der Waals surface area contributed by atoms with E-state index in [9.17, 15) is 18.0 Å². The molecule has 1 aromatic carbocycles. The molecular formula is C16H15F3N2O.